The van der Waals surface area contributed by atoms with Crippen molar-refractivity contribution in [2.24, 2.45) is 17.6 Å². The van der Waals surface area contributed by atoms with Crippen LogP contribution in [0.1, 0.15) is 58.3 Å². The van der Waals surface area contributed by atoms with E-state index >= 15 is 0 Å². The molecular formula is C17H34N2O. The van der Waals surface area contributed by atoms with Crippen molar-refractivity contribution in [2.75, 3.05) is 33.4 Å². The number of rotatable bonds is 5. The Hall–Kier alpha value is -0.120. The molecule has 3 heteroatoms. The van der Waals surface area contributed by atoms with Crippen LogP contribution in [0.4, 0.5) is 0 Å². The fourth-order valence-electron chi connectivity index (χ4n) is 4.39. The molecule has 20 heavy (non-hydrogen) atoms. The summed E-state index contributed by atoms with van der Waals surface area (Å²) in [5, 5.41) is 0. The molecule has 0 aromatic rings. The first kappa shape index (κ1) is 16.3. The van der Waals surface area contributed by atoms with Gasteiger partial charge in [-0.2, -0.15) is 0 Å². The van der Waals surface area contributed by atoms with Crippen LogP contribution >= 0.6 is 0 Å². The van der Waals surface area contributed by atoms with Crippen LogP contribution < -0.4 is 5.73 Å². The van der Waals surface area contributed by atoms with Crippen molar-refractivity contribution in [3.63, 3.8) is 0 Å². The molecule has 0 aromatic carbocycles. The van der Waals surface area contributed by atoms with Gasteiger partial charge in [-0.05, 0) is 50.5 Å². The Morgan fingerprint density at radius 2 is 1.95 bits per heavy atom. The fraction of sp³-hybridized carbons (Fsp3) is 1.00. The normalized spacial score (nSPS) is 36.8. The molecule has 2 N–H and O–H groups in total. The van der Waals surface area contributed by atoms with E-state index in [1.54, 1.807) is 0 Å². The van der Waals surface area contributed by atoms with Gasteiger partial charge in [-0.1, -0.05) is 26.2 Å². The number of hydrogen-bond acceptors (Lipinski definition) is 3. The summed E-state index contributed by atoms with van der Waals surface area (Å²) in [5.41, 5.74) is 6.56. The number of likely N-dealkylation sites (tertiary alicyclic amines) is 1. The molecule has 2 fully saturated rings. The third-order valence-corrected chi connectivity index (χ3v) is 5.82. The van der Waals surface area contributed by atoms with E-state index < -0.39 is 0 Å². The van der Waals surface area contributed by atoms with Crippen LogP contribution in [0.3, 0.4) is 0 Å². The minimum absolute atomic E-state index is 0.288. The van der Waals surface area contributed by atoms with Crippen molar-refractivity contribution in [1.82, 2.24) is 4.90 Å². The number of methoxy groups -OCH3 is 1. The van der Waals surface area contributed by atoms with Crippen LogP contribution in [0.2, 0.25) is 0 Å². The molecule has 3 atom stereocenters. The molecule has 3 nitrogen and oxygen atoms in total. The van der Waals surface area contributed by atoms with Crippen LogP contribution in [0.5, 0.6) is 0 Å². The lowest BCUT2D eigenvalue weighted by molar-refractivity contribution is 0.0133. The van der Waals surface area contributed by atoms with E-state index in [4.69, 9.17) is 10.5 Å². The van der Waals surface area contributed by atoms with Crippen molar-refractivity contribution < 1.29 is 4.74 Å². The van der Waals surface area contributed by atoms with Gasteiger partial charge in [0.2, 0.25) is 0 Å². The Labute approximate surface area is 125 Å². The Morgan fingerprint density at radius 3 is 2.65 bits per heavy atom. The first-order chi connectivity index (χ1) is 9.74. The van der Waals surface area contributed by atoms with Crippen LogP contribution in [0.25, 0.3) is 0 Å². The van der Waals surface area contributed by atoms with Crippen molar-refractivity contribution in [3.05, 3.63) is 0 Å². The van der Waals surface area contributed by atoms with Gasteiger partial charge in [-0.15, -0.1) is 0 Å². The molecule has 1 aliphatic heterocycles. The topological polar surface area (TPSA) is 38.5 Å². The van der Waals surface area contributed by atoms with Gasteiger partial charge in [0.15, 0.2) is 0 Å². The molecule has 0 amide bonds. The highest BCUT2D eigenvalue weighted by molar-refractivity contribution is 4.96. The Kier molecular flexibility index (Phi) is 6.31. The smallest absolute Gasteiger partial charge is 0.0502 e. The first-order valence-electron chi connectivity index (χ1n) is 8.68. The summed E-state index contributed by atoms with van der Waals surface area (Å²) in [7, 11) is 1.83. The molecule has 1 saturated carbocycles. The second-order valence-corrected chi connectivity index (χ2v) is 7.04. The van der Waals surface area contributed by atoms with Crippen LogP contribution in [0.15, 0.2) is 0 Å². The van der Waals surface area contributed by atoms with Gasteiger partial charge < -0.3 is 10.5 Å². The number of hydrogen-bond donors (Lipinski definition) is 1. The predicted molar refractivity (Wildman–Crippen MR) is 84.8 cm³/mol. The van der Waals surface area contributed by atoms with Crippen molar-refractivity contribution >= 4 is 0 Å². The molecule has 0 aromatic heterocycles. The minimum Gasteiger partial charge on any atom is -0.384 e. The standard InChI is InChI=1S/C17H34N2O/c1-3-15-6-4-9-17(14-18,10-8-15)19-11-5-7-16(12-19)13-20-2/h15-16H,3-14,18H2,1-2H3. The molecule has 118 valence electrons. The summed E-state index contributed by atoms with van der Waals surface area (Å²) in [5.74, 6) is 1.64. The van der Waals surface area contributed by atoms with Gasteiger partial charge in [-0.3, -0.25) is 4.90 Å². The maximum atomic E-state index is 6.27. The molecule has 0 spiro atoms. The van der Waals surface area contributed by atoms with Crippen LogP contribution in [-0.2, 0) is 4.74 Å². The molecule has 0 bridgehead atoms. The van der Waals surface area contributed by atoms with Crippen molar-refractivity contribution in [2.45, 2.75) is 63.8 Å². The van der Waals surface area contributed by atoms with Gasteiger partial charge in [0.1, 0.15) is 0 Å². The number of nitrogens with two attached hydrogens (primary N) is 1. The lowest BCUT2D eigenvalue weighted by atomic mass is 9.84. The SMILES string of the molecule is CCC1CCCC(CN)(N2CCCC(COC)C2)CC1. The van der Waals surface area contributed by atoms with Gasteiger partial charge in [0.05, 0.1) is 6.61 Å². The average molecular weight is 282 g/mol. The zero-order valence-electron chi connectivity index (χ0n) is 13.6. The van der Waals surface area contributed by atoms with E-state index in [1.165, 1.54) is 64.5 Å². The molecule has 2 rings (SSSR count). The first-order valence-corrected chi connectivity index (χ1v) is 8.68. The largest absolute Gasteiger partial charge is 0.384 e. The number of nitrogens with zero attached hydrogens (tertiary/aromatic N) is 1. The summed E-state index contributed by atoms with van der Waals surface area (Å²) in [6.45, 7) is 6.53. The second kappa shape index (κ2) is 7.77. The van der Waals surface area contributed by atoms with E-state index in [2.05, 4.69) is 11.8 Å². The molecule has 1 heterocycles. The van der Waals surface area contributed by atoms with Gasteiger partial charge in [0, 0.05) is 25.7 Å². The van der Waals surface area contributed by atoms with Crippen LogP contribution in [0, 0.1) is 11.8 Å². The average Bonchev–Trinajstić information content (AvgIpc) is 2.71. The number of piperidine rings is 1. The van der Waals surface area contributed by atoms with E-state index in [1.807, 2.05) is 7.11 Å². The quantitative estimate of drug-likeness (QED) is 0.788. The maximum Gasteiger partial charge on any atom is 0.0502 e. The zero-order valence-corrected chi connectivity index (χ0v) is 13.6. The maximum absolute atomic E-state index is 6.27. The lowest BCUT2D eigenvalue weighted by Crippen LogP contribution is -2.57. The van der Waals surface area contributed by atoms with Gasteiger partial charge >= 0.3 is 0 Å². The Balaban J connectivity index is 2.01. The second-order valence-electron chi connectivity index (χ2n) is 7.04. The zero-order chi connectivity index (χ0) is 14.4. The van der Waals surface area contributed by atoms with Crippen molar-refractivity contribution in [1.29, 1.82) is 0 Å². The van der Waals surface area contributed by atoms with E-state index in [-0.39, 0.29) is 5.54 Å². The van der Waals surface area contributed by atoms with E-state index in [0.29, 0.717) is 5.92 Å². The summed E-state index contributed by atoms with van der Waals surface area (Å²) in [6, 6.07) is 0. The van der Waals surface area contributed by atoms with E-state index in [0.717, 1.165) is 19.1 Å². The monoisotopic (exact) mass is 282 g/mol. The molecular weight excluding hydrogens is 248 g/mol. The van der Waals surface area contributed by atoms with Crippen molar-refractivity contribution in [3.8, 4) is 0 Å². The molecule has 3 unspecified atom stereocenters. The minimum atomic E-state index is 0.288. The molecule has 1 saturated heterocycles. The lowest BCUT2D eigenvalue weighted by Gasteiger charge is -2.47. The van der Waals surface area contributed by atoms with E-state index in [9.17, 15) is 0 Å². The Bertz CT molecular complexity index is 282. The highest BCUT2D eigenvalue weighted by Gasteiger charge is 2.39. The Morgan fingerprint density at radius 1 is 1.15 bits per heavy atom. The third-order valence-electron chi connectivity index (χ3n) is 5.82. The highest BCUT2D eigenvalue weighted by atomic mass is 16.5. The van der Waals surface area contributed by atoms with Gasteiger partial charge in [-0.25, -0.2) is 0 Å². The molecule has 1 aliphatic carbocycles. The molecule has 2 aliphatic rings. The summed E-state index contributed by atoms with van der Waals surface area (Å²) in [4.78, 5) is 2.73. The third kappa shape index (κ3) is 3.75. The molecule has 0 radical (unpaired) electrons. The summed E-state index contributed by atoms with van der Waals surface area (Å²) < 4.78 is 5.38. The number of ether oxygens (including phenoxy) is 1. The summed E-state index contributed by atoms with van der Waals surface area (Å²) >= 11 is 0. The highest BCUT2D eigenvalue weighted by Crippen LogP contribution is 2.37. The summed E-state index contributed by atoms with van der Waals surface area (Å²) in [6.07, 6.45) is 10.7. The van der Waals surface area contributed by atoms with Gasteiger partial charge in [0.25, 0.3) is 0 Å². The van der Waals surface area contributed by atoms with Crippen LogP contribution in [-0.4, -0.2) is 43.8 Å². The fourth-order valence-corrected chi connectivity index (χ4v) is 4.39. The predicted octanol–water partition coefficient (Wildman–Crippen LogP) is 3.03.